The van der Waals surface area contributed by atoms with Crippen molar-refractivity contribution in [2.45, 2.75) is 13.0 Å². The average Bonchev–Trinajstić information content (AvgIpc) is 2.88. The van der Waals surface area contributed by atoms with Gasteiger partial charge in [-0.1, -0.05) is 6.08 Å². The number of aliphatic carboxylic acids is 1. The van der Waals surface area contributed by atoms with Crippen LogP contribution in [0.1, 0.15) is 5.82 Å². The number of furan rings is 1. The summed E-state index contributed by atoms with van der Waals surface area (Å²) in [6.07, 6.45) is 3.00. The van der Waals surface area contributed by atoms with Crippen LogP contribution in [0.5, 0.6) is 0 Å². The Balaban J connectivity index is 2.42. The van der Waals surface area contributed by atoms with E-state index in [0.29, 0.717) is 24.0 Å². The Hall–Kier alpha value is -2.37. The third kappa shape index (κ3) is 2.25. The van der Waals surface area contributed by atoms with Gasteiger partial charge in [-0.05, 0) is 12.1 Å². The second kappa shape index (κ2) is 4.65. The quantitative estimate of drug-likeness (QED) is 0.788. The highest BCUT2D eigenvalue weighted by Gasteiger charge is 2.16. The Bertz CT molecular complexity index is 528. The maximum atomic E-state index is 10.7. The van der Waals surface area contributed by atoms with Crippen LogP contribution in [0.4, 0.5) is 0 Å². The van der Waals surface area contributed by atoms with Crippen LogP contribution in [-0.4, -0.2) is 25.8 Å². The fraction of sp³-hybridized carbons (Fsp3) is 0.182. The van der Waals surface area contributed by atoms with Crippen molar-refractivity contribution in [2.75, 3.05) is 0 Å². The lowest BCUT2D eigenvalue weighted by atomic mass is 10.3. The Morgan fingerprint density at radius 2 is 2.41 bits per heavy atom. The van der Waals surface area contributed by atoms with Gasteiger partial charge in [-0.2, -0.15) is 0 Å². The van der Waals surface area contributed by atoms with Gasteiger partial charge in [-0.3, -0.25) is 4.79 Å². The summed E-state index contributed by atoms with van der Waals surface area (Å²) in [7, 11) is 0. The molecule has 0 atom stereocenters. The zero-order valence-electron chi connectivity index (χ0n) is 9.04. The van der Waals surface area contributed by atoms with Gasteiger partial charge in [-0.15, -0.1) is 16.8 Å². The first-order valence-corrected chi connectivity index (χ1v) is 5.01. The molecule has 0 bridgehead atoms. The molecule has 2 heterocycles. The third-order valence-electron chi connectivity index (χ3n) is 2.19. The van der Waals surface area contributed by atoms with E-state index in [1.165, 1.54) is 6.26 Å². The molecule has 0 aliphatic heterocycles. The number of carboxylic acids is 1. The van der Waals surface area contributed by atoms with E-state index in [2.05, 4.69) is 16.8 Å². The molecule has 6 nitrogen and oxygen atoms in total. The van der Waals surface area contributed by atoms with Gasteiger partial charge in [0.05, 0.1) is 6.26 Å². The van der Waals surface area contributed by atoms with Gasteiger partial charge in [0.25, 0.3) is 0 Å². The second-order valence-electron chi connectivity index (χ2n) is 3.39. The molecule has 0 aromatic carbocycles. The predicted molar refractivity (Wildman–Crippen MR) is 59.3 cm³/mol. The first kappa shape index (κ1) is 11.1. The van der Waals surface area contributed by atoms with Crippen LogP contribution in [0.3, 0.4) is 0 Å². The molecule has 2 aromatic heterocycles. The summed E-state index contributed by atoms with van der Waals surface area (Å²) >= 11 is 0. The molecular weight excluding hydrogens is 222 g/mol. The largest absolute Gasteiger partial charge is 0.481 e. The summed E-state index contributed by atoms with van der Waals surface area (Å²) in [4.78, 5) is 10.7. The van der Waals surface area contributed by atoms with E-state index in [0.717, 1.165) is 0 Å². The lowest BCUT2D eigenvalue weighted by Crippen LogP contribution is -2.09. The van der Waals surface area contributed by atoms with Crippen molar-refractivity contribution in [1.29, 1.82) is 0 Å². The van der Waals surface area contributed by atoms with Crippen LogP contribution in [0.15, 0.2) is 35.5 Å². The van der Waals surface area contributed by atoms with E-state index in [-0.39, 0.29) is 6.42 Å². The minimum atomic E-state index is -0.950. The molecule has 0 spiro atoms. The van der Waals surface area contributed by atoms with Crippen LogP contribution >= 0.6 is 0 Å². The molecule has 0 aliphatic carbocycles. The third-order valence-corrected chi connectivity index (χ3v) is 2.19. The summed E-state index contributed by atoms with van der Waals surface area (Å²) in [6.45, 7) is 4.06. The highest BCUT2D eigenvalue weighted by molar-refractivity contribution is 5.69. The molecule has 17 heavy (non-hydrogen) atoms. The van der Waals surface area contributed by atoms with Gasteiger partial charge in [0.2, 0.25) is 0 Å². The molecule has 0 fully saturated rings. The maximum Gasteiger partial charge on any atom is 0.311 e. The van der Waals surface area contributed by atoms with Crippen molar-refractivity contribution in [3.8, 4) is 11.6 Å². The number of nitrogens with zero attached hydrogens (tertiary/aromatic N) is 3. The van der Waals surface area contributed by atoms with E-state index in [4.69, 9.17) is 9.52 Å². The predicted octanol–water partition coefficient (Wildman–Crippen LogP) is 1.35. The summed E-state index contributed by atoms with van der Waals surface area (Å²) in [6, 6.07) is 3.48. The number of allylic oxidation sites excluding steroid dienone is 1. The fourth-order valence-corrected chi connectivity index (χ4v) is 1.51. The van der Waals surface area contributed by atoms with Crippen LogP contribution in [0.2, 0.25) is 0 Å². The number of carbonyl (C=O) groups is 1. The normalized spacial score (nSPS) is 10.4. The monoisotopic (exact) mass is 233 g/mol. The van der Waals surface area contributed by atoms with Gasteiger partial charge in [0, 0.05) is 6.54 Å². The lowest BCUT2D eigenvalue weighted by molar-refractivity contribution is -0.136. The van der Waals surface area contributed by atoms with Gasteiger partial charge in [0.15, 0.2) is 11.6 Å². The first-order valence-electron chi connectivity index (χ1n) is 5.01. The van der Waals surface area contributed by atoms with Crippen molar-refractivity contribution in [1.82, 2.24) is 14.8 Å². The zero-order valence-corrected chi connectivity index (χ0v) is 9.04. The van der Waals surface area contributed by atoms with Crippen LogP contribution < -0.4 is 0 Å². The smallest absolute Gasteiger partial charge is 0.311 e. The molecule has 0 radical (unpaired) electrons. The number of aromatic nitrogens is 3. The van der Waals surface area contributed by atoms with Gasteiger partial charge in [-0.25, -0.2) is 0 Å². The van der Waals surface area contributed by atoms with Crippen molar-refractivity contribution in [3.63, 3.8) is 0 Å². The van der Waals surface area contributed by atoms with Crippen molar-refractivity contribution < 1.29 is 14.3 Å². The molecular formula is C11H11N3O3. The number of carboxylic acid groups (broad SMARTS) is 1. The van der Waals surface area contributed by atoms with Gasteiger partial charge < -0.3 is 14.1 Å². The van der Waals surface area contributed by atoms with Crippen molar-refractivity contribution in [3.05, 3.63) is 36.9 Å². The minimum Gasteiger partial charge on any atom is -0.481 e. The number of hydrogen-bond donors (Lipinski definition) is 1. The van der Waals surface area contributed by atoms with E-state index in [1.807, 2.05) is 0 Å². The Kier molecular flexibility index (Phi) is 3.04. The number of hydrogen-bond acceptors (Lipinski definition) is 4. The molecule has 0 saturated heterocycles. The van der Waals surface area contributed by atoms with E-state index >= 15 is 0 Å². The lowest BCUT2D eigenvalue weighted by Gasteiger charge is -2.04. The molecule has 0 amide bonds. The average molecular weight is 233 g/mol. The molecule has 0 saturated carbocycles. The minimum absolute atomic E-state index is 0.179. The molecule has 2 rings (SSSR count). The van der Waals surface area contributed by atoms with E-state index in [1.54, 1.807) is 22.8 Å². The summed E-state index contributed by atoms with van der Waals surface area (Å²) in [5, 5.41) is 16.6. The first-order chi connectivity index (χ1) is 8.22. The second-order valence-corrected chi connectivity index (χ2v) is 3.39. The summed E-state index contributed by atoms with van der Waals surface area (Å²) < 4.78 is 6.89. The standard InChI is InChI=1S/C11H11N3O3/c1-2-5-14-9(7-10(15)16)12-13-11(14)8-4-3-6-17-8/h2-4,6H,1,5,7H2,(H,15,16). The van der Waals surface area contributed by atoms with E-state index in [9.17, 15) is 4.79 Å². The van der Waals surface area contributed by atoms with Crippen LogP contribution in [-0.2, 0) is 17.8 Å². The fourth-order valence-electron chi connectivity index (χ4n) is 1.51. The van der Waals surface area contributed by atoms with Crippen LogP contribution in [0.25, 0.3) is 11.6 Å². The highest BCUT2D eigenvalue weighted by Crippen LogP contribution is 2.19. The summed E-state index contributed by atoms with van der Waals surface area (Å²) in [5.74, 6) is 0.486. The molecule has 2 aromatic rings. The maximum absolute atomic E-state index is 10.7. The Labute approximate surface area is 97.2 Å². The van der Waals surface area contributed by atoms with Crippen LogP contribution in [0, 0.1) is 0 Å². The molecule has 0 unspecified atom stereocenters. The van der Waals surface area contributed by atoms with Gasteiger partial charge in [0.1, 0.15) is 12.2 Å². The summed E-state index contributed by atoms with van der Waals surface area (Å²) in [5.41, 5.74) is 0. The van der Waals surface area contributed by atoms with Gasteiger partial charge >= 0.3 is 5.97 Å². The van der Waals surface area contributed by atoms with Crippen molar-refractivity contribution >= 4 is 5.97 Å². The number of rotatable bonds is 5. The molecule has 1 N–H and O–H groups in total. The highest BCUT2D eigenvalue weighted by atomic mass is 16.4. The zero-order chi connectivity index (χ0) is 12.3. The topological polar surface area (TPSA) is 81.2 Å². The molecule has 6 heteroatoms. The van der Waals surface area contributed by atoms with Crippen molar-refractivity contribution in [2.24, 2.45) is 0 Å². The Morgan fingerprint density at radius 3 is 3.00 bits per heavy atom. The Morgan fingerprint density at radius 1 is 1.59 bits per heavy atom. The SMILES string of the molecule is C=CCn1c(CC(=O)O)nnc1-c1ccco1. The molecule has 0 aliphatic rings. The molecule has 88 valence electrons. The van der Waals surface area contributed by atoms with E-state index < -0.39 is 5.97 Å².